The third kappa shape index (κ3) is 6.18. The van der Waals surface area contributed by atoms with Crippen LogP contribution in [0.5, 0.6) is 0 Å². The normalized spacial score (nSPS) is 42.3. The molecule has 2 fully saturated rings. The Balaban J connectivity index is 1.83. The van der Waals surface area contributed by atoms with Crippen LogP contribution in [0.4, 0.5) is 0 Å². The summed E-state index contributed by atoms with van der Waals surface area (Å²) in [6.45, 7) is -1.38. The second kappa shape index (κ2) is 11.7. The maximum atomic E-state index is 10.9. The smallest absolute Gasteiger partial charge is 0.327 e. The Morgan fingerprint density at radius 1 is 0.829 bits per heavy atom. The Hall–Kier alpha value is -2.11. The lowest BCUT2D eigenvalue weighted by Gasteiger charge is -2.41. The first kappa shape index (κ1) is 27.5. The minimum absolute atomic E-state index is 0.0914. The number of aliphatic hydroxyl groups excluding tert-OH is 8. The Labute approximate surface area is 199 Å². The van der Waals surface area contributed by atoms with Gasteiger partial charge in [0.25, 0.3) is 0 Å². The first-order valence-electron chi connectivity index (χ1n) is 10.8. The lowest BCUT2D eigenvalue weighted by molar-refractivity contribution is -0.300. The van der Waals surface area contributed by atoms with Crippen LogP contribution in [0.25, 0.3) is 0 Å². The quantitative estimate of drug-likeness (QED) is 0.143. The minimum Gasteiger partial charge on any atom is -0.478 e. The van der Waals surface area contributed by atoms with Gasteiger partial charge in [-0.2, -0.15) is 0 Å². The molecule has 0 radical (unpaired) electrons. The van der Waals surface area contributed by atoms with E-state index in [-0.39, 0.29) is 17.9 Å². The highest BCUT2D eigenvalue weighted by Crippen LogP contribution is 2.33. The number of allylic oxidation sites excluding steroid dienone is 3. The molecule has 0 aromatic carbocycles. The van der Waals surface area contributed by atoms with Gasteiger partial charge in [-0.3, -0.25) is 0 Å². The number of carboxylic acids is 1. The molecule has 1 aliphatic carbocycles. The van der Waals surface area contributed by atoms with Crippen molar-refractivity contribution in [2.75, 3.05) is 13.2 Å². The fraction of sp³-hybridized carbons (Fsp3) is 0.667. The summed E-state index contributed by atoms with van der Waals surface area (Å²) >= 11 is 0. The van der Waals surface area contributed by atoms with Crippen LogP contribution in [0.1, 0.15) is 6.42 Å². The van der Waals surface area contributed by atoms with E-state index in [9.17, 15) is 45.6 Å². The first-order chi connectivity index (χ1) is 16.6. The van der Waals surface area contributed by atoms with Gasteiger partial charge in [0.15, 0.2) is 11.5 Å². The van der Waals surface area contributed by atoms with Crippen molar-refractivity contribution in [3.8, 4) is 0 Å². The molecule has 198 valence electrons. The molecule has 0 saturated carbocycles. The maximum absolute atomic E-state index is 10.9. The van der Waals surface area contributed by atoms with Crippen molar-refractivity contribution in [3.63, 3.8) is 0 Å². The van der Waals surface area contributed by atoms with Crippen LogP contribution in [0.3, 0.4) is 0 Å². The van der Waals surface area contributed by atoms with E-state index in [1.54, 1.807) is 0 Å². The molecule has 0 bridgehead atoms. The minimum atomic E-state index is -1.75. The molecular formula is C21H30O14. The van der Waals surface area contributed by atoms with Crippen LogP contribution in [-0.4, -0.2) is 127 Å². The summed E-state index contributed by atoms with van der Waals surface area (Å²) in [6.07, 6.45) is -10.5. The molecule has 14 nitrogen and oxygen atoms in total. The molecule has 0 amide bonds. The number of hydrogen-bond donors (Lipinski definition) is 9. The predicted octanol–water partition coefficient (Wildman–Crippen LogP) is -3.95. The number of carboxylic acid groups (broad SMARTS) is 1. The molecule has 35 heavy (non-hydrogen) atoms. The fourth-order valence-electron chi connectivity index (χ4n) is 3.81. The molecule has 3 rings (SSSR count). The van der Waals surface area contributed by atoms with E-state index in [4.69, 9.17) is 24.1 Å². The van der Waals surface area contributed by atoms with Crippen molar-refractivity contribution < 1.29 is 69.7 Å². The standard InChI is InChI=1S/C21H30O14/c22-6-11-14(26)16(28)18(30)20(34-11)32-9-3-1-8(2-4-13(24)25)5-10(9)33-21-19(31)17(29)15(27)12(7-23)35-21/h2-5,8,11-12,14-23,26-31H,1,6-7H2,(H,24,25)/t8?,11-,12-,14-,15-,16+,17+,18-,19-,20?,21?/m1/s1. The summed E-state index contributed by atoms with van der Waals surface area (Å²) in [5.41, 5.74) is 0. The van der Waals surface area contributed by atoms with E-state index in [0.717, 1.165) is 6.08 Å². The highest BCUT2D eigenvalue weighted by Gasteiger charge is 2.47. The summed E-state index contributed by atoms with van der Waals surface area (Å²) < 4.78 is 22.0. The van der Waals surface area contributed by atoms with Crippen LogP contribution < -0.4 is 0 Å². The van der Waals surface area contributed by atoms with Crippen molar-refractivity contribution in [1.82, 2.24) is 0 Å². The van der Waals surface area contributed by atoms with Gasteiger partial charge in [-0.25, -0.2) is 4.79 Å². The Morgan fingerprint density at radius 3 is 1.77 bits per heavy atom. The third-order valence-electron chi connectivity index (χ3n) is 5.85. The molecule has 2 saturated heterocycles. The second-order valence-corrected chi connectivity index (χ2v) is 8.33. The number of ether oxygens (including phenoxy) is 4. The lowest BCUT2D eigenvalue weighted by Crippen LogP contribution is -2.59. The maximum Gasteiger partial charge on any atom is 0.327 e. The summed E-state index contributed by atoms with van der Waals surface area (Å²) in [5.74, 6) is -1.95. The van der Waals surface area contributed by atoms with Crippen molar-refractivity contribution in [2.45, 2.75) is 67.8 Å². The molecule has 14 heteroatoms. The predicted molar refractivity (Wildman–Crippen MR) is 111 cm³/mol. The van der Waals surface area contributed by atoms with Gasteiger partial charge in [0, 0.05) is 12.0 Å². The van der Waals surface area contributed by atoms with Crippen LogP contribution in [0.2, 0.25) is 0 Å². The van der Waals surface area contributed by atoms with Crippen LogP contribution in [0.15, 0.2) is 35.8 Å². The highest BCUT2D eigenvalue weighted by molar-refractivity contribution is 5.79. The van der Waals surface area contributed by atoms with Crippen LogP contribution in [0, 0.1) is 5.92 Å². The molecule has 0 aromatic rings. The van der Waals surface area contributed by atoms with Crippen molar-refractivity contribution >= 4 is 5.97 Å². The van der Waals surface area contributed by atoms with Gasteiger partial charge in [0.2, 0.25) is 12.6 Å². The number of aliphatic carboxylic acids is 1. The zero-order valence-electron chi connectivity index (χ0n) is 18.3. The van der Waals surface area contributed by atoms with E-state index < -0.39 is 86.5 Å². The summed E-state index contributed by atoms with van der Waals surface area (Å²) in [6, 6.07) is 0. The van der Waals surface area contributed by atoms with E-state index in [0.29, 0.717) is 0 Å². The molecule has 3 unspecified atom stereocenters. The van der Waals surface area contributed by atoms with Gasteiger partial charge in [0.1, 0.15) is 48.8 Å². The third-order valence-corrected chi connectivity index (χ3v) is 5.85. The average Bonchev–Trinajstić information content (AvgIpc) is 2.84. The average molecular weight is 506 g/mol. The fourth-order valence-corrected chi connectivity index (χ4v) is 3.81. The number of rotatable bonds is 8. The number of carbonyl (C=O) groups is 1. The summed E-state index contributed by atoms with van der Waals surface area (Å²) in [5, 5.41) is 88.2. The lowest BCUT2D eigenvalue weighted by atomic mass is 9.97. The second-order valence-electron chi connectivity index (χ2n) is 8.33. The van der Waals surface area contributed by atoms with Crippen LogP contribution in [-0.2, 0) is 23.7 Å². The first-order valence-corrected chi connectivity index (χ1v) is 10.8. The van der Waals surface area contributed by atoms with E-state index >= 15 is 0 Å². The molecule has 9 N–H and O–H groups in total. The van der Waals surface area contributed by atoms with Gasteiger partial charge in [-0.05, 0) is 18.6 Å². The van der Waals surface area contributed by atoms with Gasteiger partial charge >= 0.3 is 5.97 Å². The highest BCUT2D eigenvalue weighted by atomic mass is 16.7. The number of hydrogen-bond acceptors (Lipinski definition) is 13. The Bertz CT molecular complexity index is 823. The van der Waals surface area contributed by atoms with E-state index in [1.807, 2.05) is 0 Å². The van der Waals surface area contributed by atoms with E-state index in [1.165, 1.54) is 18.2 Å². The van der Waals surface area contributed by atoms with Crippen molar-refractivity contribution in [3.05, 3.63) is 35.8 Å². The van der Waals surface area contributed by atoms with Gasteiger partial charge in [0.05, 0.1) is 13.2 Å². The van der Waals surface area contributed by atoms with Gasteiger partial charge < -0.3 is 64.9 Å². The molecule has 0 spiro atoms. The zero-order valence-corrected chi connectivity index (χ0v) is 18.3. The topological polar surface area (TPSA) is 236 Å². The Morgan fingerprint density at radius 2 is 1.31 bits per heavy atom. The molecule has 11 atom stereocenters. The van der Waals surface area contributed by atoms with Crippen molar-refractivity contribution in [1.29, 1.82) is 0 Å². The zero-order chi connectivity index (χ0) is 25.9. The Kier molecular flexibility index (Phi) is 9.22. The molecule has 0 aromatic heterocycles. The number of aliphatic hydroxyl groups is 8. The molecular weight excluding hydrogens is 476 g/mol. The van der Waals surface area contributed by atoms with Crippen LogP contribution >= 0.6 is 0 Å². The molecule has 2 aliphatic heterocycles. The van der Waals surface area contributed by atoms with Crippen molar-refractivity contribution in [2.24, 2.45) is 5.92 Å². The summed E-state index contributed by atoms with van der Waals surface area (Å²) in [7, 11) is 0. The van der Waals surface area contributed by atoms with E-state index in [2.05, 4.69) is 0 Å². The van der Waals surface area contributed by atoms with Gasteiger partial charge in [-0.15, -0.1) is 0 Å². The molecule has 2 heterocycles. The largest absolute Gasteiger partial charge is 0.478 e. The SMILES string of the molecule is O=C(O)C=CC1C=C(OC2O[C@H](CO)[C@@H](O)[C@H](O)[C@H]2O)C(OC2O[C@H](CO)[C@@H](O)[C@H](O)[C@H]2O)=CC1. The summed E-state index contributed by atoms with van der Waals surface area (Å²) in [4.78, 5) is 10.9. The monoisotopic (exact) mass is 506 g/mol. The van der Waals surface area contributed by atoms with Gasteiger partial charge in [-0.1, -0.05) is 6.08 Å². The molecule has 3 aliphatic rings.